The number of carbonyl (C=O) groups excluding carboxylic acids is 2. The largest absolute Gasteiger partial charge is 0.481 e. The van der Waals surface area contributed by atoms with Gasteiger partial charge >= 0.3 is 5.97 Å². The Morgan fingerprint density at radius 1 is 1.25 bits per heavy atom. The van der Waals surface area contributed by atoms with Crippen molar-refractivity contribution >= 4 is 17.8 Å². The highest BCUT2D eigenvalue weighted by molar-refractivity contribution is 6.07. The van der Waals surface area contributed by atoms with E-state index in [0.29, 0.717) is 0 Å². The van der Waals surface area contributed by atoms with Gasteiger partial charge in [-0.3, -0.25) is 19.3 Å². The zero-order valence-corrected chi connectivity index (χ0v) is 13.4. The molecule has 1 saturated heterocycles. The summed E-state index contributed by atoms with van der Waals surface area (Å²) >= 11 is 0. The number of carbonyl (C=O) groups is 3. The summed E-state index contributed by atoms with van der Waals surface area (Å²) in [6, 6.07) is 0. The van der Waals surface area contributed by atoms with Gasteiger partial charge in [-0.05, 0) is 40.5 Å². The van der Waals surface area contributed by atoms with E-state index < -0.39 is 22.3 Å². The number of aliphatic carboxylic acids is 1. The summed E-state index contributed by atoms with van der Waals surface area (Å²) < 4.78 is 0. The molecule has 0 aromatic rings. The maximum atomic E-state index is 12.7. The Hall–Kier alpha value is -1.39. The number of amides is 2. The average Bonchev–Trinajstić information content (AvgIpc) is 2.50. The third-order valence-electron chi connectivity index (χ3n) is 5.36. The zero-order valence-electron chi connectivity index (χ0n) is 13.4. The monoisotopic (exact) mass is 283 g/mol. The van der Waals surface area contributed by atoms with Gasteiger partial charge in [0, 0.05) is 6.42 Å². The molecule has 0 bridgehead atoms. The molecule has 1 aliphatic heterocycles. The first-order chi connectivity index (χ1) is 8.80. The predicted molar refractivity (Wildman–Crippen MR) is 74.9 cm³/mol. The fourth-order valence-corrected chi connectivity index (χ4v) is 2.40. The molecule has 0 saturated carbocycles. The van der Waals surface area contributed by atoms with E-state index in [4.69, 9.17) is 0 Å². The Morgan fingerprint density at radius 3 is 2.00 bits per heavy atom. The Morgan fingerprint density at radius 2 is 1.70 bits per heavy atom. The van der Waals surface area contributed by atoms with Gasteiger partial charge in [-0.15, -0.1) is 0 Å². The molecule has 1 rings (SSSR count). The lowest BCUT2D eigenvalue weighted by atomic mass is 9.72. The number of carboxylic acid groups (broad SMARTS) is 1. The Balaban J connectivity index is 3.31. The molecule has 2 amide bonds. The van der Waals surface area contributed by atoms with Crippen LogP contribution in [0.15, 0.2) is 0 Å². The third-order valence-corrected chi connectivity index (χ3v) is 5.36. The molecule has 5 heteroatoms. The van der Waals surface area contributed by atoms with Crippen molar-refractivity contribution in [3.63, 3.8) is 0 Å². The predicted octanol–water partition coefficient (Wildman–Crippen LogP) is 2.30. The molecule has 1 heterocycles. The molecule has 0 spiro atoms. The summed E-state index contributed by atoms with van der Waals surface area (Å²) in [6.07, 6.45) is 0.141. The van der Waals surface area contributed by atoms with Crippen LogP contribution in [0.1, 0.15) is 54.9 Å². The average molecular weight is 283 g/mol. The highest BCUT2D eigenvalue weighted by atomic mass is 16.4. The van der Waals surface area contributed by atoms with Crippen LogP contribution in [-0.2, 0) is 14.4 Å². The lowest BCUT2D eigenvalue weighted by Gasteiger charge is -2.44. The molecule has 0 aliphatic carbocycles. The molecule has 114 valence electrons. The topological polar surface area (TPSA) is 74.7 Å². The van der Waals surface area contributed by atoms with Crippen molar-refractivity contribution in [2.24, 2.45) is 16.7 Å². The van der Waals surface area contributed by atoms with Gasteiger partial charge in [0.25, 0.3) is 0 Å². The SMILES string of the molecule is CC(C)C1(C)CC(=O)N(C(C)(C)C(C)(C)C(=O)O)C1=O. The van der Waals surface area contributed by atoms with Gasteiger partial charge in [-0.2, -0.15) is 0 Å². The van der Waals surface area contributed by atoms with Gasteiger partial charge < -0.3 is 5.11 Å². The van der Waals surface area contributed by atoms with E-state index in [1.807, 2.05) is 13.8 Å². The minimum absolute atomic E-state index is 0.0210. The summed E-state index contributed by atoms with van der Waals surface area (Å²) in [7, 11) is 0. The highest BCUT2D eigenvalue weighted by Gasteiger charge is 2.59. The number of hydrogen-bond donors (Lipinski definition) is 1. The maximum Gasteiger partial charge on any atom is 0.311 e. The number of imide groups is 1. The Kier molecular flexibility index (Phi) is 3.81. The fourth-order valence-electron chi connectivity index (χ4n) is 2.40. The molecular formula is C15H25NO4. The number of carboxylic acids is 1. The molecule has 1 unspecified atom stereocenters. The van der Waals surface area contributed by atoms with Crippen LogP contribution in [0.5, 0.6) is 0 Å². The van der Waals surface area contributed by atoms with Crippen LogP contribution in [0.4, 0.5) is 0 Å². The molecule has 5 nitrogen and oxygen atoms in total. The minimum atomic E-state index is -1.22. The van der Waals surface area contributed by atoms with E-state index in [1.54, 1.807) is 34.6 Å². The summed E-state index contributed by atoms with van der Waals surface area (Å²) in [5.74, 6) is -1.56. The molecule has 20 heavy (non-hydrogen) atoms. The summed E-state index contributed by atoms with van der Waals surface area (Å²) in [5.41, 5.74) is -3.05. The van der Waals surface area contributed by atoms with Crippen molar-refractivity contribution in [3.05, 3.63) is 0 Å². The van der Waals surface area contributed by atoms with E-state index >= 15 is 0 Å². The standard InChI is InChI=1S/C15H25NO4/c1-9(2)15(7)8-10(17)16(11(15)18)14(5,6)13(3,4)12(19)20/h9H,8H2,1-7H3,(H,19,20). The van der Waals surface area contributed by atoms with E-state index in [9.17, 15) is 19.5 Å². The van der Waals surface area contributed by atoms with Crippen molar-refractivity contribution in [3.8, 4) is 0 Å². The molecule has 1 atom stereocenters. The van der Waals surface area contributed by atoms with Gasteiger partial charge in [0.05, 0.1) is 16.4 Å². The van der Waals surface area contributed by atoms with Crippen LogP contribution in [0, 0.1) is 16.7 Å². The molecule has 0 aromatic carbocycles. The lowest BCUT2D eigenvalue weighted by Crippen LogP contribution is -2.59. The van der Waals surface area contributed by atoms with E-state index in [0.717, 1.165) is 0 Å². The quantitative estimate of drug-likeness (QED) is 0.803. The number of nitrogens with zero attached hydrogens (tertiary/aromatic N) is 1. The van der Waals surface area contributed by atoms with Crippen LogP contribution in [0.3, 0.4) is 0 Å². The highest BCUT2D eigenvalue weighted by Crippen LogP contribution is 2.46. The second kappa shape index (κ2) is 4.57. The van der Waals surface area contributed by atoms with Gasteiger partial charge in [-0.25, -0.2) is 0 Å². The first-order valence-corrected chi connectivity index (χ1v) is 6.91. The number of hydrogen-bond acceptors (Lipinski definition) is 3. The lowest BCUT2D eigenvalue weighted by molar-refractivity contribution is -0.163. The molecular weight excluding hydrogens is 258 g/mol. The maximum absolute atomic E-state index is 12.7. The van der Waals surface area contributed by atoms with E-state index in [-0.39, 0.29) is 24.2 Å². The minimum Gasteiger partial charge on any atom is -0.481 e. The van der Waals surface area contributed by atoms with Gasteiger partial charge in [0.2, 0.25) is 11.8 Å². The molecule has 0 radical (unpaired) electrons. The normalized spacial score (nSPS) is 24.7. The van der Waals surface area contributed by atoms with Gasteiger partial charge in [0.1, 0.15) is 0 Å². The van der Waals surface area contributed by atoms with E-state index in [2.05, 4.69) is 0 Å². The molecule has 1 fully saturated rings. The summed E-state index contributed by atoms with van der Waals surface area (Å²) in [6.45, 7) is 12.0. The second-order valence-corrected chi connectivity index (χ2v) is 7.27. The first-order valence-electron chi connectivity index (χ1n) is 6.91. The molecule has 1 aliphatic rings. The van der Waals surface area contributed by atoms with Crippen molar-refractivity contribution in [2.45, 2.75) is 60.4 Å². The fraction of sp³-hybridized carbons (Fsp3) is 0.800. The Bertz CT molecular complexity index is 464. The van der Waals surface area contributed by atoms with Crippen LogP contribution < -0.4 is 0 Å². The molecule has 1 N–H and O–H groups in total. The number of rotatable bonds is 4. The summed E-state index contributed by atoms with van der Waals surface area (Å²) in [5, 5.41) is 9.40. The van der Waals surface area contributed by atoms with E-state index in [1.165, 1.54) is 4.90 Å². The Labute approximate surface area is 120 Å². The molecule has 0 aromatic heterocycles. The third kappa shape index (κ3) is 2.03. The van der Waals surface area contributed by atoms with Crippen LogP contribution in [0.25, 0.3) is 0 Å². The smallest absolute Gasteiger partial charge is 0.311 e. The van der Waals surface area contributed by atoms with Crippen LogP contribution >= 0.6 is 0 Å². The van der Waals surface area contributed by atoms with Crippen LogP contribution in [0.2, 0.25) is 0 Å². The zero-order chi connectivity index (χ0) is 16.1. The summed E-state index contributed by atoms with van der Waals surface area (Å²) in [4.78, 5) is 37.7. The number of likely N-dealkylation sites (tertiary alicyclic amines) is 1. The second-order valence-electron chi connectivity index (χ2n) is 7.27. The van der Waals surface area contributed by atoms with Crippen molar-refractivity contribution in [1.29, 1.82) is 0 Å². The first kappa shape index (κ1) is 16.7. The van der Waals surface area contributed by atoms with Crippen molar-refractivity contribution in [1.82, 2.24) is 4.90 Å². The van der Waals surface area contributed by atoms with Crippen molar-refractivity contribution in [2.75, 3.05) is 0 Å². The van der Waals surface area contributed by atoms with Crippen LogP contribution in [-0.4, -0.2) is 33.3 Å². The van der Waals surface area contributed by atoms with Gasteiger partial charge in [-0.1, -0.05) is 13.8 Å². The van der Waals surface area contributed by atoms with Gasteiger partial charge in [0.15, 0.2) is 0 Å². The van der Waals surface area contributed by atoms with Crippen molar-refractivity contribution < 1.29 is 19.5 Å².